The number of likely N-dealkylation sites (tertiary alicyclic amines) is 1. The van der Waals surface area contributed by atoms with Crippen LogP contribution in [0.2, 0.25) is 5.02 Å². The summed E-state index contributed by atoms with van der Waals surface area (Å²) in [5.74, 6) is -1.19. The number of ether oxygens (including phenoxy) is 3. The largest absolute Gasteiger partial charge is 0.464 e. The molecule has 0 aliphatic carbocycles. The second kappa shape index (κ2) is 7.95. The second-order valence-corrected chi connectivity index (χ2v) is 7.97. The summed E-state index contributed by atoms with van der Waals surface area (Å²) in [6.45, 7) is 4.70. The number of aromatic amines is 1. The predicted octanol–water partition coefficient (Wildman–Crippen LogP) is 1.36. The molecule has 1 aromatic heterocycles. The van der Waals surface area contributed by atoms with Crippen molar-refractivity contribution >= 4 is 40.1 Å². The van der Waals surface area contributed by atoms with E-state index in [2.05, 4.69) is 10.3 Å². The summed E-state index contributed by atoms with van der Waals surface area (Å²) in [6.07, 6.45) is 1.52. The lowest BCUT2D eigenvalue weighted by Crippen LogP contribution is -3.18. The molecule has 2 saturated heterocycles. The van der Waals surface area contributed by atoms with Crippen LogP contribution in [0.5, 0.6) is 0 Å². The van der Waals surface area contributed by atoms with Crippen molar-refractivity contribution in [2.24, 2.45) is 0 Å². The number of carbonyl (C=O) groups excluding carboxylic acids is 2. The number of hydrogen-bond donors (Lipinski definition) is 3. The molecule has 4 rings (SSSR count). The van der Waals surface area contributed by atoms with Gasteiger partial charge in [-0.1, -0.05) is 11.6 Å². The third-order valence-electron chi connectivity index (χ3n) is 5.87. The van der Waals surface area contributed by atoms with Crippen molar-refractivity contribution in [1.29, 1.82) is 0 Å². The van der Waals surface area contributed by atoms with Gasteiger partial charge in [0.2, 0.25) is 0 Å². The van der Waals surface area contributed by atoms with Crippen molar-refractivity contribution in [1.82, 2.24) is 4.98 Å². The van der Waals surface area contributed by atoms with Gasteiger partial charge < -0.3 is 29.4 Å². The number of carbonyl (C=O) groups is 2. The Morgan fingerprint density at radius 3 is 2.62 bits per heavy atom. The van der Waals surface area contributed by atoms with Crippen molar-refractivity contribution in [2.75, 3.05) is 38.7 Å². The van der Waals surface area contributed by atoms with E-state index in [0.717, 1.165) is 30.8 Å². The zero-order valence-electron chi connectivity index (χ0n) is 16.5. The van der Waals surface area contributed by atoms with Crippen LogP contribution >= 0.6 is 11.6 Å². The summed E-state index contributed by atoms with van der Waals surface area (Å²) in [7, 11) is 1.30. The van der Waals surface area contributed by atoms with Gasteiger partial charge in [-0.3, -0.25) is 4.79 Å². The lowest BCUT2D eigenvalue weighted by molar-refractivity contribution is -0.922. The highest BCUT2D eigenvalue weighted by atomic mass is 35.5. The topological polar surface area (TPSA) is 94.1 Å². The van der Waals surface area contributed by atoms with Gasteiger partial charge in [0.25, 0.3) is 5.91 Å². The SMILES string of the molecule is COC(=O)c1[nH]c2ccc(Cl)cc2c1NC(=O)[C@H](C)[NH+]1CCC2(CC1)OCCO2. The van der Waals surface area contributed by atoms with Crippen LogP contribution in [0.25, 0.3) is 10.9 Å². The molecule has 3 heterocycles. The number of benzene rings is 1. The molecule has 0 unspecified atom stereocenters. The minimum atomic E-state index is -0.553. The lowest BCUT2D eigenvalue weighted by atomic mass is 10.0. The number of methoxy groups -OCH3 is 1. The molecule has 1 aromatic carbocycles. The molecule has 1 amide bonds. The van der Waals surface area contributed by atoms with Crippen molar-refractivity contribution in [3.63, 3.8) is 0 Å². The highest BCUT2D eigenvalue weighted by Crippen LogP contribution is 2.31. The van der Waals surface area contributed by atoms with E-state index in [1.807, 2.05) is 6.92 Å². The number of amides is 1. The molecule has 2 aromatic rings. The van der Waals surface area contributed by atoms with E-state index in [-0.39, 0.29) is 17.6 Å². The van der Waals surface area contributed by atoms with Crippen LogP contribution in [0.4, 0.5) is 5.69 Å². The molecule has 9 heteroatoms. The maximum absolute atomic E-state index is 13.0. The molecular weight excluding hydrogens is 398 g/mol. The molecule has 2 aliphatic rings. The summed E-state index contributed by atoms with van der Waals surface area (Å²) in [6, 6.07) is 4.90. The molecule has 8 nitrogen and oxygen atoms in total. The summed E-state index contributed by atoms with van der Waals surface area (Å²) in [5.41, 5.74) is 1.28. The summed E-state index contributed by atoms with van der Waals surface area (Å²) >= 11 is 6.12. The van der Waals surface area contributed by atoms with E-state index < -0.39 is 11.8 Å². The van der Waals surface area contributed by atoms with E-state index in [4.69, 9.17) is 25.8 Å². The summed E-state index contributed by atoms with van der Waals surface area (Å²) in [5, 5.41) is 4.10. The molecule has 29 heavy (non-hydrogen) atoms. The van der Waals surface area contributed by atoms with Crippen LogP contribution in [0.3, 0.4) is 0 Å². The number of hydrogen-bond acceptors (Lipinski definition) is 5. The van der Waals surface area contributed by atoms with Crippen LogP contribution in [0.15, 0.2) is 18.2 Å². The quantitative estimate of drug-likeness (QED) is 0.647. The minimum Gasteiger partial charge on any atom is -0.464 e. The Morgan fingerprint density at radius 1 is 1.28 bits per heavy atom. The Hall–Kier alpha value is -2.13. The fourth-order valence-electron chi connectivity index (χ4n) is 4.14. The maximum Gasteiger partial charge on any atom is 0.356 e. The first-order chi connectivity index (χ1) is 13.9. The Morgan fingerprint density at radius 2 is 1.97 bits per heavy atom. The van der Waals surface area contributed by atoms with Crippen LogP contribution in [0, 0.1) is 0 Å². The van der Waals surface area contributed by atoms with Crippen molar-refractivity contribution < 1.29 is 28.7 Å². The number of nitrogens with one attached hydrogen (secondary N) is 3. The Balaban J connectivity index is 1.52. The standard InChI is InChI=1S/C20H24ClN3O5/c1-12(24-7-5-20(6-8-24)28-9-10-29-20)18(25)23-16-14-11-13(21)3-4-15(14)22-17(16)19(26)27-2/h3-4,11-12,22H,5-10H2,1-2H3,(H,23,25)/p+1/t12-/m0/s1. The smallest absolute Gasteiger partial charge is 0.356 e. The molecule has 156 valence electrons. The molecule has 0 bridgehead atoms. The van der Waals surface area contributed by atoms with Crippen LogP contribution in [-0.4, -0.2) is 62.1 Å². The molecule has 1 spiro atoms. The third kappa shape index (κ3) is 3.85. The number of esters is 1. The monoisotopic (exact) mass is 422 g/mol. The van der Waals surface area contributed by atoms with Gasteiger partial charge in [-0.2, -0.15) is 0 Å². The number of aromatic nitrogens is 1. The number of anilines is 1. The molecule has 0 radical (unpaired) electrons. The summed E-state index contributed by atoms with van der Waals surface area (Å²) < 4.78 is 16.4. The minimum absolute atomic E-state index is 0.171. The fraction of sp³-hybridized carbons (Fsp3) is 0.500. The average molecular weight is 423 g/mol. The molecule has 1 atom stereocenters. The van der Waals surface area contributed by atoms with Crippen LogP contribution in [-0.2, 0) is 19.0 Å². The first-order valence-corrected chi connectivity index (χ1v) is 10.1. The van der Waals surface area contributed by atoms with Gasteiger partial charge >= 0.3 is 5.97 Å². The number of H-pyrrole nitrogens is 1. The van der Waals surface area contributed by atoms with Crippen molar-refractivity contribution in [2.45, 2.75) is 31.6 Å². The fourth-order valence-corrected chi connectivity index (χ4v) is 4.31. The first kappa shape index (κ1) is 20.2. The zero-order chi connectivity index (χ0) is 20.6. The number of rotatable bonds is 4. The molecule has 2 fully saturated rings. The van der Waals surface area contributed by atoms with E-state index in [1.165, 1.54) is 7.11 Å². The van der Waals surface area contributed by atoms with Gasteiger partial charge in [0.1, 0.15) is 5.69 Å². The Labute approximate surface area is 173 Å². The lowest BCUT2D eigenvalue weighted by Gasteiger charge is -2.37. The van der Waals surface area contributed by atoms with Crippen molar-refractivity contribution in [3.05, 3.63) is 28.9 Å². The maximum atomic E-state index is 13.0. The van der Waals surface area contributed by atoms with Gasteiger partial charge in [-0.25, -0.2) is 4.79 Å². The van der Waals surface area contributed by atoms with Gasteiger partial charge in [0, 0.05) is 15.9 Å². The summed E-state index contributed by atoms with van der Waals surface area (Å²) in [4.78, 5) is 29.4. The van der Waals surface area contributed by atoms with Gasteiger partial charge in [-0.05, 0) is 25.1 Å². The van der Waals surface area contributed by atoms with Gasteiger partial charge in [0.15, 0.2) is 11.8 Å². The van der Waals surface area contributed by atoms with Crippen LogP contribution in [0.1, 0.15) is 30.3 Å². The van der Waals surface area contributed by atoms with E-state index >= 15 is 0 Å². The zero-order valence-corrected chi connectivity index (χ0v) is 17.2. The predicted molar refractivity (Wildman–Crippen MR) is 107 cm³/mol. The van der Waals surface area contributed by atoms with Crippen molar-refractivity contribution in [3.8, 4) is 0 Å². The van der Waals surface area contributed by atoms with E-state index in [0.29, 0.717) is 34.8 Å². The highest BCUT2D eigenvalue weighted by molar-refractivity contribution is 6.31. The van der Waals surface area contributed by atoms with Crippen LogP contribution < -0.4 is 10.2 Å². The van der Waals surface area contributed by atoms with E-state index in [9.17, 15) is 9.59 Å². The van der Waals surface area contributed by atoms with Gasteiger partial charge in [-0.15, -0.1) is 0 Å². The third-order valence-corrected chi connectivity index (χ3v) is 6.11. The van der Waals surface area contributed by atoms with Gasteiger partial charge in [0.05, 0.1) is 51.9 Å². The number of quaternary nitrogens is 1. The molecule has 2 aliphatic heterocycles. The number of halogens is 1. The normalized spacial score (nSPS) is 20.1. The molecule has 0 saturated carbocycles. The van der Waals surface area contributed by atoms with E-state index in [1.54, 1.807) is 18.2 Å². The Kier molecular flexibility index (Phi) is 5.52. The number of fused-ring (bicyclic) bond motifs is 1. The average Bonchev–Trinajstić information content (AvgIpc) is 3.32. The Bertz CT molecular complexity index is 928. The number of piperidine rings is 1. The molecule has 3 N–H and O–H groups in total. The molecular formula is C20H25ClN3O5+. The first-order valence-electron chi connectivity index (χ1n) is 9.75. The highest BCUT2D eigenvalue weighted by Gasteiger charge is 2.43. The second-order valence-electron chi connectivity index (χ2n) is 7.53.